The van der Waals surface area contributed by atoms with Crippen LogP contribution in [0.3, 0.4) is 0 Å². The zero-order chi connectivity index (χ0) is 18.2. The maximum atomic E-state index is 5.90. The van der Waals surface area contributed by atoms with Crippen molar-refractivity contribution >= 4 is 16.9 Å². The standard InChI is InChI=1S/C20H29N3O3/c1-21-20(22-10-5-11-25-17-8-12-24-13-9-17)23(2)15-18-14-16-6-3-4-7-19(16)26-18/h3-4,6-7,14,17H,5,8-13,15H2,1-2H3,(H,21,22). The van der Waals surface area contributed by atoms with Crippen molar-refractivity contribution in [3.05, 3.63) is 36.1 Å². The van der Waals surface area contributed by atoms with E-state index >= 15 is 0 Å². The molecule has 6 nitrogen and oxygen atoms in total. The summed E-state index contributed by atoms with van der Waals surface area (Å²) < 4.78 is 17.1. The smallest absolute Gasteiger partial charge is 0.193 e. The van der Waals surface area contributed by atoms with E-state index in [0.29, 0.717) is 12.6 Å². The second-order valence-electron chi connectivity index (χ2n) is 6.62. The number of hydrogen-bond acceptors (Lipinski definition) is 4. The SMILES string of the molecule is CN=C(NCCCOC1CCOCC1)N(C)Cc1cc2ccccc2o1. The molecule has 1 aliphatic heterocycles. The van der Waals surface area contributed by atoms with Gasteiger partial charge in [-0.3, -0.25) is 4.99 Å². The highest BCUT2D eigenvalue weighted by Gasteiger charge is 2.14. The largest absolute Gasteiger partial charge is 0.459 e. The number of ether oxygens (including phenoxy) is 2. The average molecular weight is 359 g/mol. The number of furan rings is 1. The zero-order valence-corrected chi connectivity index (χ0v) is 15.7. The molecule has 1 saturated heterocycles. The Bertz CT molecular complexity index is 674. The van der Waals surface area contributed by atoms with Gasteiger partial charge in [0.25, 0.3) is 0 Å². The van der Waals surface area contributed by atoms with Gasteiger partial charge in [0, 0.05) is 45.8 Å². The Balaban J connectivity index is 1.40. The maximum absolute atomic E-state index is 5.90. The van der Waals surface area contributed by atoms with Gasteiger partial charge in [-0.15, -0.1) is 0 Å². The minimum Gasteiger partial charge on any atom is -0.459 e. The molecule has 6 heteroatoms. The topological polar surface area (TPSA) is 59.2 Å². The van der Waals surface area contributed by atoms with E-state index in [1.807, 2.05) is 25.2 Å². The van der Waals surface area contributed by atoms with Crippen molar-refractivity contribution in [1.29, 1.82) is 0 Å². The number of aliphatic imine (C=N–C) groups is 1. The number of para-hydroxylation sites is 1. The Labute approximate surface area is 155 Å². The van der Waals surface area contributed by atoms with Crippen LogP contribution in [0.2, 0.25) is 0 Å². The van der Waals surface area contributed by atoms with Gasteiger partial charge in [0.15, 0.2) is 5.96 Å². The van der Waals surface area contributed by atoms with Crippen molar-refractivity contribution in [2.45, 2.75) is 31.9 Å². The quantitative estimate of drug-likeness (QED) is 0.468. The molecule has 1 N–H and O–H groups in total. The molecule has 3 rings (SSSR count). The lowest BCUT2D eigenvalue weighted by Crippen LogP contribution is -2.39. The molecule has 2 aromatic rings. The van der Waals surface area contributed by atoms with E-state index in [1.54, 1.807) is 7.05 Å². The molecule has 1 fully saturated rings. The van der Waals surface area contributed by atoms with Gasteiger partial charge < -0.3 is 24.1 Å². The van der Waals surface area contributed by atoms with Crippen LogP contribution in [0.4, 0.5) is 0 Å². The molecule has 0 unspecified atom stereocenters. The highest BCUT2D eigenvalue weighted by atomic mass is 16.5. The number of benzene rings is 1. The molecule has 1 aromatic carbocycles. The number of rotatable bonds is 7. The minimum atomic E-state index is 0.360. The number of guanidine groups is 1. The molecule has 0 saturated carbocycles. The predicted molar refractivity (Wildman–Crippen MR) is 103 cm³/mol. The third-order valence-electron chi connectivity index (χ3n) is 4.57. The molecule has 1 aliphatic rings. The van der Waals surface area contributed by atoms with Gasteiger partial charge in [-0.1, -0.05) is 18.2 Å². The first-order valence-electron chi connectivity index (χ1n) is 9.35. The predicted octanol–water partition coefficient (Wildman–Crippen LogP) is 3.03. The monoisotopic (exact) mass is 359 g/mol. The molecule has 2 heterocycles. The first-order chi connectivity index (χ1) is 12.8. The van der Waals surface area contributed by atoms with Crippen LogP contribution in [0.15, 0.2) is 39.7 Å². The Morgan fingerprint density at radius 2 is 2.12 bits per heavy atom. The Hall–Kier alpha value is -2.05. The van der Waals surface area contributed by atoms with Crippen molar-refractivity contribution < 1.29 is 13.9 Å². The van der Waals surface area contributed by atoms with Gasteiger partial charge >= 0.3 is 0 Å². The summed E-state index contributed by atoms with van der Waals surface area (Å²) in [5.74, 6) is 1.79. The van der Waals surface area contributed by atoms with Crippen molar-refractivity contribution in [2.24, 2.45) is 4.99 Å². The van der Waals surface area contributed by atoms with Crippen LogP contribution in [0.1, 0.15) is 25.0 Å². The van der Waals surface area contributed by atoms with E-state index in [4.69, 9.17) is 13.9 Å². The van der Waals surface area contributed by atoms with Crippen LogP contribution in [-0.2, 0) is 16.0 Å². The van der Waals surface area contributed by atoms with Gasteiger partial charge in [0.05, 0.1) is 12.6 Å². The first kappa shape index (κ1) is 18.7. The third kappa shape index (κ3) is 5.22. The Kier molecular flexibility index (Phi) is 6.91. The van der Waals surface area contributed by atoms with Crippen LogP contribution < -0.4 is 5.32 Å². The van der Waals surface area contributed by atoms with Crippen molar-refractivity contribution in [1.82, 2.24) is 10.2 Å². The number of fused-ring (bicyclic) bond motifs is 1. The summed E-state index contributed by atoms with van der Waals surface area (Å²) in [6, 6.07) is 10.1. The molecule has 0 amide bonds. The fraction of sp³-hybridized carbons (Fsp3) is 0.550. The van der Waals surface area contributed by atoms with Gasteiger partial charge in [0.2, 0.25) is 0 Å². The lowest BCUT2D eigenvalue weighted by atomic mass is 10.1. The number of nitrogens with zero attached hydrogens (tertiary/aromatic N) is 2. The minimum absolute atomic E-state index is 0.360. The van der Waals surface area contributed by atoms with Crippen LogP contribution in [0, 0.1) is 0 Å². The zero-order valence-electron chi connectivity index (χ0n) is 15.7. The van der Waals surface area contributed by atoms with E-state index in [1.165, 1.54) is 0 Å². The Morgan fingerprint density at radius 1 is 1.31 bits per heavy atom. The molecular weight excluding hydrogens is 330 g/mol. The fourth-order valence-electron chi connectivity index (χ4n) is 3.17. The van der Waals surface area contributed by atoms with Gasteiger partial charge in [-0.05, 0) is 31.4 Å². The second kappa shape index (κ2) is 9.59. The lowest BCUT2D eigenvalue weighted by molar-refractivity contribution is -0.0320. The van der Waals surface area contributed by atoms with E-state index in [9.17, 15) is 0 Å². The lowest BCUT2D eigenvalue weighted by Gasteiger charge is -2.23. The van der Waals surface area contributed by atoms with E-state index in [2.05, 4.69) is 27.3 Å². The molecule has 0 spiro atoms. The highest BCUT2D eigenvalue weighted by Crippen LogP contribution is 2.19. The molecule has 142 valence electrons. The third-order valence-corrected chi connectivity index (χ3v) is 4.57. The van der Waals surface area contributed by atoms with Gasteiger partial charge in [-0.2, -0.15) is 0 Å². The number of nitrogens with one attached hydrogen (secondary N) is 1. The molecular formula is C20H29N3O3. The van der Waals surface area contributed by atoms with Crippen LogP contribution in [0.5, 0.6) is 0 Å². The summed E-state index contributed by atoms with van der Waals surface area (Å²) in [4.78, 5) is 6.42. The average Bonchev–Trinajstić information content (AvgIpc) is 3.07. The van der Waals surface area contributed by atoms with E-state index in [-0.39, 0.29) is 0 Å². The summed E-state index contributed by atoms with van der Waals surface area (Å²) in [6.45, 7) is 3.92. The molecule has 1 aromatic heterocycles. The molecule has 0 radical (unpaired) electrons. The first-order valence-corrected chi connectivity index (χ1v) is 9.35. The molecule has 0 bridgehead atoms. The summed E-state index contributed by atoms with van der Waals surface area (Å²) in [5.41, 5.74) is 0.920. The normalized spacial score (nSPS) is 16.2. The summed E-state index contributed by atoms with van der Waals surface area (Å²) >= 11 is 0. The van der Waals surface area contributed by atoms with E-state index in [0.717, 1.165) is 68.3 Å². The summed E-state index contributed by atoms with van der Waals surface area (Å²) in [7, 11) is 3.82. The molecule has 0 atom stereocenters. The fourth-order valence-corrected chi connectivity index (χ4v) is 3.17. The van der Waals surface area contributed by atoms with E-state index < -0.39 is 0 Å². The summed E-state index contributed by atoms with van der Waals surface area (Å²) in [5, 5.41) is 4.52. The van der Waals surface area contributed by atoms with Crippen LogP contribution in [-0.4, -0.2) is 57.4 Å². The van der Waals surface area contributed by atoms with Crippen molar-refractivity contribution in [3.8, 4) is 0 Å². The van der Waals surface area contributed by atoms with Crippen molar-refractivity contribution in [2.75, 3.05) is 40.5 Å². The van der Waals surface area contributed by atoms with Crippen LogP contribution in [0.25, 0.3) is 11.0 Å². The van der Waals surface area contributed by atoms with Crippen LogP contribution >= 0.6 is 0 Å². The van der Waals surface area contributed by atoms with Gasteiger partial charge in [-0.25, -0.2) is 0 Å². The molecule has 26 heavy (non-hydrogen) atoms. The highest BCUT2D eigenvalue weighted by molar-refractivity contribution is 5.80. The maximum Gasteiger partial charge on any atom is 0.193 e. The van der Waals surface area contributed by atoms with Crippen molar-refractivity contribution in [3.63, 3.8) is 0 Å². The summed E-state index contributed by atoms with van der Waals surface area (Å²) in [6.07, 6.45) is 3.33. The second-order valence-corrected chi connectivity index (χ2v) is 6.62. The molecule has 0 aliphatic carbocycles. The van der Waals surface area contributed by atoms with Gasteiger partial charge in [0.1, 0.15) is 11.3 Å². The Morgan fingerprint density at radius 3 is 2.88 bits per heavy atom. The number of hydrogen-bond donors (Lipinski definition) is 1.